The molecule has 1 atom stereocenters. The summed E-state index contributed by atoms with van der Waals surface area (Å²) in [6, 6.07) is 7.53. The van der Waals surface area contributed by atoms with E-state index in [9.17, 15) is 4.79 Å². The zero-order valence-corrected chi connectivity index (χ0v) is 10.8. The lowest BCUT2D eigenvalue weighted by atomic mass is 10.2. The van der Waals surface area contributed by atoms with E-state index in [1.165, 1.54) is 0 Å². The highest BCUT2D eigenvalue weighted by molar-refractivity contribution is 6.29. The van der Waals surface area contributed by atoms with Crippen LogP contribution < -0.4 is 10.1 Å². The van der Waals surface area contributed by atoms with Gasteiger partial charge in [0.05, 0.1) is 6.54 Å². The molecule has 0 aliphatic heterocycles. The fraction of sp³-hybridized carbons (Fsp3) is 0.308. The van der Waals surface area contributed by atoms with Gasteiger partial charge in [0.25, 0.3) is 5.91 Å². The van der Waals surface area contributed by atoms with Gasteiger partial charge in [0.15, 0.2) is 6.10 Å². The lowest BCUT2D eigenvalue weighted by Gasteiger charge is -2.14. The highest BCUT2D eigenvalue weighted by atomic mass is 35.5. The molecular formula is C13H16ClNO2. The van der Waals surface area contributed by atoms with Gasteiger partial charge in [0.1, 0.15) is 5.75 Å². The maximum Gasteiger partial charge on any atom is 0.261 e. The molecule has 0 aromatic heterocycles. The first-order valence-electron chi connectivity index (χ1n) is 5.33. The largest absolute Gasteiger partial charge is 0.481 e. The average molecular weight is 254 g/mol. The molecule has 0 heterocycles. The molecule has 3 nitrogen and oxygen atoms in total. The van der Waals surface area contributed by atoms with E-state index in [1.54, 1.807) is 6.92 Å². The van der Waals surface area contributed by atoms with Crippen molar-refractivity contribution in [3.05, 3.63) is 41.4 Å². The zero-order chi connectivity index (χ0) is 12.8. The molecule has 0 spiro atoms. The van der Waals surface area contributed by atoms with Gasteiger partial charge >= 0.3 is 0 Å². The number of halogens is 1. The first-order chi connectivity index (χ1) is 7.99. The molecule has 1 aromatic carbocycles. The Balaban J connectivity index is 2.48. The highest BCUT2D eigenvalue weighted by Gasteiger charge is 2.13. The third-order valence-corrected chi connectivity index (χ3v) is 2.29. The maximum absolute atomic E-state index is 11.6. The topological polar surface area (TPSA) is 38.3 Å². The van der Waals surface area contributed by atoms with Crippen molar-refractivity contribution in [1.82, 2.24) is 5.32 Å². The van der Waals surface area contributed by atoms with Crippen LogP contribution in [0.15, 0.2) is 35.9 Å². The van der Waals surface area contributed by atoms with Crippen molar-refractivity contribution in [1.29, 1.82) is 0 Å². The lowest BCUT2D eigenvalue weighted by Crippen LogP contribution is -2.36. The summed E-state index contributed by atoms with van der Waals surface area (Å²) in [5, 5.41) is 3.01. The lowest BCUT2D eigenvalue weighted by molar-refractivity contribution is -0.127. The van der Waals surface area contributed by atoms with Crippen LogP contribution in [0.25, 0.3) is 0 Å². The van der Waals surface area contributed by atoms with E-state index in [2.05, 4.69) is 11.9 Å². The van der Waals surface area contributed by atoms with Crippen molar-refractivity contribution in [2.24, 2.45) is 0 Å². The molecule has 0 saturated heterocycles. The van der Waals surface area contributed by atoms with Crippen molar-refractivity contribution >= 4 is 17.5 Å². The van der Waals surface area contributed by atoms with Crippen LogP contribution in [0.1, 0.15) is 12.5 Å². The fourth-order valence-electron chi connectivity index (χ4n) is 1.20. The normalized spacial score (nSPS) is 11.7. The van der Waals surface area contributed by atoms with Crippen LogP contribution >= 0.6 is 11.6 Å². The Morgan fingerprint density at radius 1 is 1.47 bits per heavy atom. The van der Waals surface area contributed by atoms with Gasteiger partial charge in [0, 0.05) is 5.03 Å². The van der Waals surface area contributed by atoms with E-state index in [0.717, 1.165) is 5.56 Å². The summed E-state index contributed by atoms with van der Waals surface area (Å²) in [6.07, 6.45) is -0.561. The fourth-order valence-corrected chi connectivity index (χ4v) is 1.27. The Labute approximate surface area is 106 Å². The molecule has 17 heavy (non-hydrogen) atoms. The van der Waals surface area contributed by atoms with Crippen LogP contribution in [-0.2, 0) is 4.79 Å². The maximum atomic E-state index is 11.6. The molecule has 92 valence electrons. The Morgan fingerprint density at radius 3 is 2.59 bits per heavy atom. The minimum atomic E-state index is -0.561. The first kappa shape index (κ1) is 13.6. The quantitative estimate of drug-likeness (QED) is 0.876. The van der Waals surface area contributed by atoms with E-state index in [0.29, 0.717) is 10.8 Å². The Bertz CT molecular complexity index is 400. The number of hydrogen-bond acceptors (Lipinski definition) is 2. The molecule has 1 N–H and O–H groups in total. The van der Waals surface area contributed by atoms with Gasteiger partial charge in [-0.05, 0) is 26.0 Å². The van der Waals surface area contributed by atoms with Crippen LogP contribution in [0.5, 0.6) is 5.75 Å². The summed E-state index contributed by atoms with van der Waals surface area (Å²) >= 11 is 5.55. The number of aryl methyl sites for hydroxylation is 1. The molecule has 0 saturated carbocycles. The predicted octanol–water partition coefficient (Wildman–Crippen LogP) is 2.63. The summed E-state index contributed by atoms with van der Waals surface area (Å²) in [4.78, 5) is 11.6. The second-order valence-corrected chi connectivity index (χ2v) is 4.34. The number of rotatable bonds is 5. The van der Waals surface area contributed by atoms with Crippen LogP contribution in [0, 0.1) is 6.92 Å². The molecule has 0 radical (unpaired) electrons. The average Bonchev–Trinajstić information content (AvgIpc) is 2.28. The van der Waals surface area contributed by atoms with E-state index < -0.39 is 6.10 Å². The number of benzene rings is 1. The van der Waals surface area contributed by atoms with Crippen molar-refractivity contribution in [3.8, 4) is 5.75 Å². The molecule has 0 bridgehead atoms. The molecule has 4 heteroatoms. The molecule has 0 aliphatic rings. The molecule has 1 unspecified atom stereocenters. The second-order valence-electron chi connectivity index (χ2n) is 3.81. The number of ether oxygens (including phenoxy) is 1. The van der Waals surface area contributed by atoms with Gasteiger partial charge in [0.2, 0.25) is 0 Å². The Hall–Kier alpha value is -1.48. The van der Waals surface area contributed by atoms with Gasteiger partial charge in [-0.3, -0.25) is 4.79 Å². The number of hydrogen-bond donors (Lipinski definition) is 1. The number of nitrogens with one attached hydrogen (secondary N) is 1. The predicted molar refractivity (Wildman–Crippen MR) is 69.3 cm³/mol. The van der Waals surface area contributed by atoms with Gasteiger partial charge in [-0.2, -0.15) is 0 Å². The smallest absolute Gasteiger partial charge is 0.261 e. The van der Waals surface area contributed by atoms with Gasteiger partial charge in [-0.1, -0.05) is 35.9 Å². The molecule has 1 rings (SSSR count). The van der Waals surface area contributed by atoms with Gasteiger partial charge < -0.3 is 10.1 Å². The summed E-state index contributed by atoms with van der Waals surface area (Å²) < 4.78 is 5.48. The van der Waals surface area contributed by atoms with Crippen LogP contribution in [0.2, 0.25) is 0 Å². The van der Waals surface area contributed by atoms with Gasteiger partial charge in [-0.15, -0.1) is 0 Å². The minimum absolute atomic E-state index is 0.215. The van der Waals surface area contributed by atoms with Crippen LogP contribution in [-0.4, -0.2) is 18.6 Å². The summed E-state index contributed by atoms with van der Waals surface area (Å²) in [6.45, 7) is 7.42. The second kappa shape index (κ2) is 6.30. The third-order valence-electron chi connectivity index (χ3n) is 2.16. The van der Waals surface area contributed by atoms with E-state index in [-0.39, 0.29) is 12.5 Å². The van der Waals surface area contributed by atoms with Crippen molar-refractivity contribution < 1.29 is 9.53 Å². The molecular weight excluding hydrogens is 238 g/mol. The van der Waals surface area contributed by atoms with E-state index in [4.69, 9.17) is 16.3 Å². The van der Waals surface area contributed by atoms with Gasteiger partial charge in [-0.25, -0.2) is 0 Å². The van der Waals surface area contributed by atoms with Crippen molar-refractivity contribution in [2.75, 3.05) is 6.54 Å². The van der Waals surface area contributed by atoms with E-state index >= 15 is 0 Å². The van der Waals surface area contributed by atoms with Crippen LogP contribution in [0.3, 0.4) is 0 Å². The third kappa shape index (κ3) is 4.91. The number of carbonyl (C=O) groups is 1. The summed E-state index contributed by atoms with van der Waals surface area (Å²) in [7, 11) is 0. The monoisotopic (exact) mass is 253 g/mol. The summed E-state index contributed by atoms with van der Waals surface area (Å²) in [5.41, 5.74) is 1.15. The standard InChI is InChI=1S/C13H16ClNO2/c1-9-4-6-12(7-5-9)17-11(3)13(16)15-8-10(2)14/h4-7,11H,2,8H2,1,3H3,(H,15,16). The Morgan fingerprint density at radius 2 is 2.06 bits per heavy atom. The molecule has 1 aromatic rings. The first-order valence-corrected chi connectivity index (χ1v) is 5.71. The molecule has 0 aliphatic carbocycles. The number of amides is 1. The Kier molecular flexibility index (Phi) is 5.04. The van der Waals surface area contributed by atoms with Crippen molar-refractivity contribution in [3.63, 3.8) is 0 Å². The summed E-state index contributed by atoms with van der Waals surface area (Å²) in [5.74, 6) is 0.454. The number of carbonyl (C=O) groups excluding carboxylic acids is 1. The molecule has 1 amide bonds. The molecule has 0 fully saturated rings. The zero-order valence-electron chi connectivity index (χ0n) is 10.00. The highest BCUT2D eigenvalue weighted by Crippen LogP contribution is 2.13. The SMILES string of the molecule is C=C(Cl)CNC(=O)C(C)Oc1ccc(C)cc1. The van der Waals surface area contributed by atoms with Crippen molar-refractivity contribution in [2.45, 2.75) is 20.0 Å². The van der Waals surface area contributed by atoms with E-state index in [1.807, 2.05) is 31.2 Å². The van der Waals surface area contributed by atoms with Crippen LogP contribution in [0.4, 0.5) is 0 Å². The minimum Gasteiger partial charge on any atom is -0.481 e.